The molecule has 1 unspecified atom stereocenters. The lowest BCUT2D eigenvalue weighted by Gasteiger charge is -2.27. The molecule has 1 atom stereocenters. The minimum Gasteiger partial charge on any atom is -0.480 e. The van der Waals surface area contributed by atoms with Gasteiger partial charge in [0.15, 0.2) is 0 Å². The second-order valence-corrected chi connectivity index (χ2v) is 5.53. The predicted octanol–water partition coefficient (Wildman–Crippen LogP) is 0.923. The maximum Gasteiger partial charge on any atom is 0.325 e. The fourth-order valence-corrected chi connectivity index (χ4v) is 2.34. The molecule has 1 saturated heterocycles. The highest BCUT2D eigenvalue weighted by molar-refractivity contribution is 5.79. The number of carboxylic acids is 1. The van der Waals surface area contributed by atoms with E-state index in [0.29, 0.717) is 12.6 Å². The Bertz CT molecular complexity index is 276. The van der Waals surface area contributed by atoms with Crippen molar-refractivity contribution in [2.45, 2.75) is 44.7 Å². The summed E-state index contributed by atoms with van der Waals surface area (Å²) in [5.74, 6) is 0.0422. The molecule has 1 heterocycles. The number of carboxylic acid groups (broad SMARTS) is 1. The monoisotopic (exact) mass is 226 g/mol. The van der Waals surface area contributed by atoms with E-state index in [2.05, 4.69) is 24.1 Å². The highest BCUT2D eigenvalue weighted by Gasteiger charge is 2.45. The van der Waals surface area contributed by atoms with Crippen molar-refractivity contribution in [1.29, 1.82) is 0 Å². The zero-order valence-corrected chi connectivity index (χ0v) is 10.2. The van der Waals surface area contributed by atoms with Crippen LogP contribution in [0.25, 0.3) is 0 Å². The molecule has 4 heteroatoms. The topological polar surface area (TPSA) is 52.6 Å². The molecule has 1 aliphatic heterocycles. The van der Waals surface area contributed by atoms with Gasteiger partial charge in [0.1, 0.15) is 5.54 Å². The zero-order valence-electron chi connectivity index (χ0n) is 10.2. The molecular formula is C12H22N2O2. The van der Waals surface area contributed by atoms with E-state index in [4.69, 9.17) is 0 Å². The van der Waals surface area contributed by atoms with Crippen LogP contribution >= 0.6 is 0 Å². The molecule has 0 aromatic carbocycles. The Hall–Kier alpha value is -0.610. The molecule has 1 aliphatic carbocycles. The Labute approximate surface area is 97.0 Å². The molecule has 92 valence electrons. The van der Waals surface area contributed by atoms with Crippen LogP contribution in [0.2, 0.25) is 0 Å². The largest absolute Gasteiger partial charge is 0.480 e. The molecule has 0 aromatic heterocycles. The maximum absolute atomic E-state index is 11.4. The quantitative estimate of drug-likeness (QED) is 0.732. The van der Waals surface area contributed by atoms with Crippen LogP contribution in [0.4, 0.5) is 0 Å². The van der Waals surface area contributed by atoms with Gasteiger partial charge in [-0.1, -0.05) is 0 Å². The first-order chi connectivity index (χ1) is 7.53. The molecule has 0 bridgehead atoms. The summed E-state index contributed by atoms with van der Waals surface area (Å²) >= 11 is 0. The Morgan fingerprint density at radius 2 is 2.25 bits per heavy atom. The number of nitrogens with zero attached hydrogens (tertiary/aromatic N) is 1. The number of nitrogens with one attached hydrogen (secondary N) is 1. The number of carbonyl (C=O) groups is 1. The Balaban J connectivity index is 1.96. The van der Waals surface area contributed by atoms with E-state index in [1.165, 1.54) is 12.8 Å². The minimum atomic E-state index is -0.688. The number of hydrogen-bond donors (Lipinski definition) is 2. The predicted molar refractivity (Wildman–Crippen MR) is 62.4 cm³/mol. The van der Waals surface area contributed by atoms with Gasteiger partial charge in [-0.25, -0.2) is 0 Å². The molecule has 0 aromatic rings. The summed E-state index contributed by atoms with van der Waals surface area (Å²) in [6.45, 7) is 6.66. The summed E-state index contributed by atoms with van der Waals surface area (Å²) in [6.07, 6.45) is 3.25. The van der Waals surface area contributed by atoms with Gasteiger partial charge in [-0.05, 0) is 45.6 Å². The summed E-state index contributed by atoms with van der Waals surface area (Å²) in [6, 6.07) is 0.434. The van der Waals surface area contributed by atoms with E-state index in [-0.39, 0.29) is 0 Å². The molecule has 1 saturated carbocycles. The van der Waals surface area contributed by atoms with Crippen LogP contribution in [0.5, 0.6) is 0 Å². The van der Waals surface area contributed by atoms with Gasteiger partial charge >= 0.3 is 5.97 Å². The fraction of sp³-hybridized carbons (Fsp3) is 0.917. The summed E-state index contributed by atoms with van der Waals surface area (Å²) in [5.41, 5.74) is -0.688. The highest BCUT2D eigenvalue weighted by Crippen LogP contribution is 2.30. The Kier molecular flexibility index (Phi) is 3.22. The third-order valence-electron chi connectivity index (χ3n) is 3.86. The van der Waals surface area contributed by atoms with Gasteiger partial charge in [-0.3, -0.25) is 9.69 Å². The average molecular weight is 226 g/mol. The van der Waals surface area contributed by atoms with Crippen molar-refractivity contribution in [3.05, 3.63) is 0 Å². The second-order valence-electron chi connectivity index (χ2n) is 5.53. The van der Waals surface area contributed by atoms with E-state index >= 15 is 0 Å². The summed E-state index contributed by atoms with van der Waals surface area (Å²) < 4.78 is 0. The Morgan fingerprint density at radius 3 is 2.69 bits per heavy atom. The molecule has 0 amide bonds. The lowest BCUT2D eigenvalue weighted by molar-refractivity contribution is -0.144. The van der Waals surface area contributed by atoms with E-state index in [1.807, 2.05) is 0 Å². The number of hydrogen-bond acceptors (Lipinski definition) is 3. The smallest absolute Gasteiger partial charge is 0.325 e. The van der Waals surface area contributed by atoms with Gasteiger partial charge in [0, 0.05) is 19.1 Å². The van der Waals surface area contributed by atoms with E-state index in [0.717, 1.165) is 25.4 Å². The van der Waals surface area contributed by atoms with Crippen LogP contribution in [0.15, 0.2) is 0 Å². The summed E-state index contributed by atoms with van der Waals surface area (Å²) in [7, 11) is 0. The van der Waals surface area contributed by atoms with E-state index in [1.54, 1.807) is 0 Å². The number of aliphatic carboxylic acids is 1. The van der Waals surface area contributed by atoms with Crippen molar-refractivity contribution in [2.24, 2.45) is 5.92 Å². The molecule has 2 N–H and O–H groups in total. The normalized spacial score (nSPS) is 31.2. The van der Waals surface area contributed by atoms with Gasteiger partial charge in [-0.2, -0.15) is 0 Å². The molecule has 2 aliphatic rings. The first-order valence-corrected chi connectivity index (χ1v) is 6.26. The van der Waals surface area contributed by atoms with Crippen molar-refractivity contribution in [3.8, 4) is 0 Å². The third-order valence-corrected chi connectivity index (χ3v) is 3.86. The minimum absolute atomic E-state index is 0.434. The van der Waals surface area contributed by atoms with Crippen LogP contribution in [0, 0.1) is 5.92 Å². The van der Waals surface area contributed by atoms with E-state index < -0.39 is 11.5 Å². The van der Waals surface area contributed by atoms with Gasteiger partial charge < -0.3 is 10.4 Å². The van der Waals surface area contributed by atoms with Crippen LogP contribution in [-0.4, -0.2) is 47.2 Å². The van der Waals surface area contributed by atoms with E-state index in [9.17, 15) is 9.90 Å². The van der Waals surface area contributed by atoms with Gasteiger partial charge in [0.2, 0.25) is 0 Å². The molecule has 2 rings (SSSR count). The SMILES string of the molecule is CC(C)N1CCC(NCC2CC2)(C(=O)O)C1. The van der Waals surface area contributed by atoms with Crippen molar-refractivity contribution in [2.75, 3.05) is 19.6 Å². The van der Waals surface area contributed by atoms with Gasteiger partial charge in [0.05, 0.1) is 0 Å². The lowest BCUT2D eigenvalue weighted by atomic mass is 9.98. The lowest BCUT2D eigenvalue weighted by Crippen LogP contribution is -2.55. The summed E-state index contributed by atoms with van der Waals surface area (Å²) in [4.78, 5) is 13.7. The van der Waals surface area contributed by atoms with Crippen molar-refractivity contribution in [1.82, 2.24) is 10.2 Å². The molecule has 0 radical (unpaired) electrons. The van der Waals surface area contributed by atoms with Gasteiger partial charge in [0.25, 0.3) is 0 Å². The zero-order chi connectivity index (χ0) is 11.8. The van der Waals surface area contributed by atoms with Crippen LogP contribution < -0.4 is 5.32 Å². The average Bonchev–Trinajstić information content (AvgIpc) is 2.93. The van der Waals surface area contributed by atoms with Crippen LogP contribution in [0.3, 0.4) is 0 Å². The number of rotatable bonds is 5. The first-order valence-electron chi connectivity index (χ1n) is 6.26. The maximum atomic E-state index is 11.4. The van der Waals surface area contributed by atoms with Gasteiger partial charge in [-0.15, -0.1) is 0 Å². The molecule has 2 fully saturated rings. The van der Waals surface area contributed by atoms with Crippen LogP contribution in [0.1, 0.15) is 33.1 Å². The first kappa shape index (κ1) is 11.9. The van der Waals surface area contributed by atoms with Crippen molar-refractivity contribution >= 4 is 5.97 Å². The standard InChI is InChI=1S/C12H22N2O2/c1-9(2)14-6-5-12(8-14,11(15)16)13-7-10-3-4-10/h9-10,13H,3-8H2,1-2H3,(H,15,16). The number of likely N-dealkylation sites (tertiary alicyclic amines) is 1. The summed E-state index contributed by atoms with van der Waals surface area (Å²) in [5, 5.41) is 12.7. The molecule has 4 nitrogen and oxygen atoms in total. The molecule has 16 heavy (non-hydrogen) atoms. The third kappa shape index (κ3) is 2.38. The highest BCUT2D eigenvalue weighted by atomic mass is 16.4. The molecular weight excluding hydrogens is 204 g/mol. The molecule has 0 spiro atoms. The van der Waals surface area contributed by atoms with Crippen molar-refractivity contribution in [3.63, 3.8) is 0 Å². The second kappa shape index (κ2) is 4.34. The van der Waals surface area contributed by atoms with Crippen LogP contribution in [-0.2, 0) is 4.79 Å². The fourth-order valence-electron chi connectivity index (χ4n) is 2.34. The van der Waals surface area contributed by atoms with Crippen molar-refractivity contribution < 1.29 is 9.90 Å². The Morgan fingerprint density at radius 1 is 1.56 bits per heavy atom.